The molecule has 0 bridgehead atoms. The number of likely N-dealkylation sites (tertiary alicyclic amines) is 1. The second kappa shape index (κ2) is 6.70. The van der Waals surface area contributed by atoms with E-state index in [0.717, 1.165) is 37.1 Å². The number of amides is 2. The zero-order chi connectivity index (χ0) is 16.4. The third-order valence-corrected chi connectivity index (χ3v) is 5.14. The molecule has 1 aromatic heterocycles. The van der Waals surface area contributed by atoms with Gasteiger partial charge in [0.2, 0.25) is 11.8 Å². The number of carbonyl (C=O) groups excluding carboxylic acids is 2. The number of carbonyl (C=O) groups is 2. The van der Waals surface area contributed by atoms with Gasteiger partial charge in [-0.15, -0.1) is 0 Å². The Morgan fingerprint density at radius 1 is 1.39 bits per heavy atom. The third kappa shape index (κ3) is 3.55. The molecule has 2 amide bonds. The molecule has 3 heterocycles. The van der Waals surface area contributed by atoms with E-state index in [1.807, 2.05) is 11.1 Å². The van der Waals surface area contributed by atoms with Gasteiger partial charge in [0, 0.05) is 62.7 Å². The van der Waals surface area contributed by atoms with Gasteiger partial charge >= 0.3 is 0 Å². The maximum atomic E-state index is 12.6. The van der Waals surface area contributed by atoms with Crippen molar-refractivity contribution in [3.8, 4) is 0 Å². The molecule has 2 aliphatic rings. The predicted molar refractivity (Wildman–Crippen MR) is 85.6 cm³/mol. The van der Waals surface area contributed by atoms with Gasteiger partial charge in [-0.3, -0.25) is 19.6 Å². The van der Waals surface area contributed by atoms with E-state index < -0.39 is 0 Å². The maximum Gasteiger partial charge on any atom is 0.224 e. The molecule has 0 spiro atoms. The van der Waals surface area contributed by atoms with Crippen LogP contribution in [-0.4, -0.2) is 64.0 Å². The van der Waals surface area contributed by atoms with E-state index in [1.54, 1.807) is 0 Å². The fourth-order valence-electron chi connectivity index (χ4n) is 3.61. The largest absolute Gasteiger partial charge is 0.355 e. The van der Waals surface area contributed by atoms with Gasteiger partial charge in [-0.1, -0.05) is 0 Å². The van der Waals surface area contributed by atoms with Crippen molar-refractivity contribution in [2.45, 2.75) is 51.2 Å². The highest BCUT2D eigenvalue weighted by atomic mass is 16.2. The van der Waals surface area contributed by atoms with Gasteiger partial charge in [-0.25, -0.2) is 0 Å². The average Bonchev–Trinajstić information content (AvgIpc) is 3.12. The average molecular weight is 319 g/mol. The molecule has 7 heteroatoms. The third-order valence-electron chi connectivity index (χ3n) is 5.14. The molecule has 7 nitrogen and oxygen atoms in total. The van der Waals surface area contributed by atoms with Gasteiger partial charge < -0.3 is 10.2 Å². The monoisotopic (exact) mass is 319 g/mol. The molecule has 3 rings (SSSR count). The molecule has 0 aliphatic carbocycles. The predicted octanol–water partition coefficient (Wildman–Crippen LogP) is 0.283. The summed E-state index contributed by atoms with van der Waals surface area (Å²) in [7, 11) is 2.06. The van der Waals surface area contributed by atoms with Crippen molar-refractivity contribution in [2.75, 3.05) is 20.1 Å². The van der Waals surface area contributed by atoms with Crippen LogP contribution in [0, 0.1) is 0 Å². The van der Waals surface area contributed by atoms with Crippen LogP contribution in [0.25, 0.3) is 0 Å². The van der Waals surface area contributed by atoms with Crippen LogP contribution in [-0.2, 0) is 22.6 Å². The number of fused-ring (bicyclic) bond motifs is 1. The summed E-state index contributed by atoms with van der Waals surface area (Å²) in [6.07, 6.45) is 5.27. The Balaban J connectivity index is 1.52. The first-order valence-electron chi connectivity index (χ1n) is 8.30. The molecule has 0 radical (unpaired) electrons. The molecule has 2 atom stereocenters. The molecule has 0 saturated carbocycles. The summed E-state index contributed by atoms with van der Waals surface area (Å²) in [4.78, 5) is 27.8. The van der Waals surface area contributed by atoms with Gasteiger partial charge in [-0.05, 0) is 19.9 Å². The lowest BCUT2D eigenvalue weighted by Crippen LogP contribution is -2.43. The molecule has 1 fully saturated rings. The molecule has 1 saturated heterocycles. The molecule has 2 N–H and O–H groups in total. The van der Waals surface area contributed by atoms with Crippen LogP contribution >= 0.6 is 0 Å². The van der Waals surface area contributed by atoms with Gasteiger partial charge in [-0.2, -0.15) is 5.10 Å². The molecule has 2 aliphatic heterocycles. The van der Waals surface area contributed by atoms with Crippen molar-refractivity contribution in [1.29, 1.82) is 0 Å². The summed E-state index contributed by atoms with van der Waals surface area (Å²) in [5.41, 5.74) is 2.29. The zero-order valence-electron chi connectivity index (χ0n) is 13.8. The summed E-state index contributed by atoms with van der Waals surface area (Å²) >= 11 is 0. The summed E-state index contributed by atoms with van der Waals surface area (Å²) in [6, 6.07) is 0.602. The quantitative estimate of drug-likeness (QED) is 0.835. The maximum absolute atomic E-state index is 12.6. The van der Waals surface area contributed by atoms with E-state index >= 15 is 0 Å². The molecule has 23 heavy (non-hydrogen) atoms. The number of hydrogen-bond donors (Lipinski definition) is 2. The minimum absolute atomic E-state index is 0.00200. The van der Waals surface area contributed by atoms with Crippen molar-refractivity contribution in [2.24, 2.45) is 0 Å². The molecular weight excluding hydrogens is 294 g/mol. The van der Waals surface area contributed by atoms with Gasteiger partial charge in [0.05, 0.1) is 6.20 Å². The number of rotatable bonds is 4. The number of H-pyrrole nitrogens is 1. The Morgan fingerprint density at radius 3 is 2.96 bits per heavy atom. The smallest absolute Gasteiger partial charge is 0.224 e. The summed E-state index contributed by atoms with van der Waals surface area (Å²) < 4.78 is 0. The van der Waals surface area contributed by atoms with Crippen molar-refractivity contribution >= 4 is 11.8 Å². The summed E-state index contributed by atoms with van der Waals surface area (Å²) in [5.74, 6) is 0.219. The molecule has 0 unspecified atom stereocenters. The highest BCUT2D eigenvalue weighted by Gasteiger charge is 2.33. The van der Waals surface area contributed by atoms with E-state index in [4.69, 9.17) is 0 Å². The normalized spacial score (nSPS) is 24.5. The van der Waals surface area contributed by atoms with Crippen LogP contribution in [0.2, 0.25) is 0 Å². The standard InChI is InChI=1S/C16H25N5O2/c1-11(22)17-9-14-4-3-13(20(14)2)7-16(23)21-6-5-15-12(10-21)8-18-19-15/h8,13-14H,3-7,9-10H2,1-2H3,(H,17,22)(H,18,19)/t13-,14+/m0/s1. The minimum atomic E-state index is 0.00200. The zero-order valence-corrected chi connectivity index (χ0v) is 13.8. The number of hydrogen-bond acceptors (Lipinski definition) is 4. The van der Waals surface area contributed by atoms with Crippen LogP contribution in [0.3, 0.4) is 0 Å². The number of nitrogens with zero attached hydrogens (tertiary/aromatic N) is 3. The Labute approximate surface area is 136 Å². The lowest BCUT2D eigenvalue weighted by molar-refractivity contribution is -0.133. The first-order chi connectivity index (χ1) is 11.0. The van der Waals surface area contributed by atoms with Crippen molar-refractivity contribution in [1.82, 2.24) is 25.3 Å². The molecule has 126 valence electrons. The van der Waals surface area contributed by atoms with Gasteiger partial charge in [0.15, 0.2) is 0 Å². The number of nitrogens with one attached hydrogen (secondary N) is 2. The fraction of sp³-hybridized carbons (Fsp3) is 0.688. The lowest BCUT2D eigenvalue weighted by atomic mass is 10.1. The van der Waals surface area contributed by atoms with E-state index in [-0.39, 0.29) is 17.9 Å². The Morgan fingerprint density at radius 2 is 2.17 bits per heavy atom. The molecule has 0 aromatic carbocycles. The number of aromatic nitrogens is 2. The topological polar surface area (TPSA) is 81.3 Å². The van der Waals surface area contributed by atoms with E-state index in [9.17, 15) is 9.59 Å². The van der Waals surface area contributed by atoms with E-state index in [0.29, 0.717) is 25.6 Å². The Kier molecular flexibility index (Phi) is 4.66. The van der Waals surface area contributed by atoms with Crippen LogP contribution in [0.1, 0.15) is 37.4 Å². The van der Waals surface area contributed by atoms with Crippen molar-refractivity contribution in [3.05, 3.63) is 17.5 Å². The fourth-order valence-corrected chi connectivity index (χ4v) is 3.61. The summed E-state index contributed by atoms with van der Waals surface area (Å²) in [6.45, 7) is 3.63. The highest BCUT2D eigenvalue weighted by Crippen LogP contribution is 2.26. The van der Waals surface area contributed by atoms with Crippen molar-refractivity contribution < 1.29 is 9.59 Å². The van der Waals surface area contributed by atoms with Gasteiger partial charge in [0.1, 0.15) is 0 Å². The molecular formula is C16H25N5O2. The minimum Gasteiger partial charge on any atom is -0.355 e. The highest BCUT2D eigenvalue weighted by molar-refractivity contribution is 5.77. The summed E-state index contributed by atoms with van der Waals surface area (Å²) in [5, 5.41) is 9.92. The van der Waals surface area contributed by atoms with E-state index in [2.05, 4.69) is 27.5 Å². The second-order valence-electron chi connectivity index (χ2n) is 6.63. The van der Waals surface area contributed by atoms with Crippen LogP contribution in [0.5, 0.6) is 0 Å². The molecule has 1 aromatic rings. The second-order valence-corrected chi connectivity index (χ2v) is 6.63. The van der Waals surface area contributed by atoms with Crippen LogP contribution < -0.4 is 5.32 Å². The van der Waals surface area contributed by atoms with Crippen LogP contribution in [0.4, 0.5) is 0 Å². The van der Waals surface area contributed by atoms with Crippen molar-refractivity contribution in [3.63, 3.8) is 0 Å². The number of likely N-dealkylation sites (N-methyl/N-ethyl adjacent to an activating group) is 1. The van der Waals surface area contributed by atoms with E-state index in [1.165, 1.54) is 6.92 Å². The van der Waals surface area contributed by atoms with Gasteiger partial charge in [0.25, 0.3) is 0 Å². The van der Waals surface area contributed by atoms with Crippen LogP contribution in [0.15, 0.2) is 6.20 Å². The Bertz CT molecular complexity index is 585. The first-order valence-corrected chi connectivity index (χ1v) is 8.30. The lowest BCUT2D eigenvalue weighted by Gasteiger charge is -2.30. The first kappa shape index (κ1) is 16.0. The number of aromatic amines is 1. The Hall–Kier alpha value is -1.89. The SMILES string of the molecule is CC(=O)NC[C@H]1CC[C@@H](CC(=O)N2CCc3[nH]ncc3C2)N1C.